The molecule has 1 aromatic carbocycles. The quantitative estimate of drug-likeness (QED) is 0.660. The van der Waals surface area contributed by atoms with Crippen LogP contribution in [0.2, 0.25) is 0 Å². The smallest absolute Gasteiger partial charge is 0.330 e. The number of hydrogen-bond acceptors (Lipinski definition) is 2. The van der Waals surface area contributed by atoms with Gasteiger partial charge in [-0.15, -0.1) is 0 Å². The largest absolute Gasteiger partial charge is 0.478 e. The zero-order chi connectivity index (χ0) is 15.5. The fourth-order valence-corrected chi connectivity index (χ4v) is 1.38. The third-order valence-corrected chi connectivity index (χ3v) is 2.67. The molecule has 3 heteroatoms. The van der Waals surface area contributed by atoms with Gasteiger partial charge < -0.3 is 5.11 Å². The fraction of sp³-hybridized carbons (Fsp3) is 0.176. The normalized spacial score (nSPS) is 10.4. The van der Waals surface area contributed by atoms with Gasteiger partial charge >= 0.3 is 5.97 Å². The Morgan fingerprint density at radius 3 is 2.50 bits per heavy atom. The van der Waals surface area contributed by atoms with Crippen LogP contribution >= 0.6 is 0 Å². The van der Waals surface area contributed by atoms with Crippen molar-refractivity contribution in [2.75, 3.05) is 0 Å². The number of hydrogen-bond donors (Lipinski definition) is 1. The fourth-order valence-electron chi connectivity index (χ4n) is 1.38. The van der Waals surface area contributed by atoms with Crippen LogP contribution in [0, 0.1) is 18.3 Å². The van der Waals surface area contributed by atoms with Crippen molar-refractivity contribution in [1.82, 2.24) is 0 Å². The Morgan fingerprint density at radius 2 is 2.10 bits per heavy atom. The van der Waals surface area contributed by atoms with Crippen molar-refractivity contribution in [3.8, 4) is 6.07 Å². The maximum Gasteiger partial charge on any atom is 0.330 e. The molecule has 0 bridgehead atoms. The molecular formula is C17H19NO2. The van der Waals surface area contributed by atoms with E-state index in [1.54, 1.807) is 26.0 Å². The van der Waals surface area contributed by atoms with Crippen LogP contribution < -0.4 is 0 Å². The molecule has 20 heavy (non-hydrogen) atoms. The number of nitriles is 1. The summed E-state index contributed by atoms with van der Waals surface area (Å²) in [6, 6.07) is 7.94. The molecule has 3 nitrogen and oxygen atoms in total. The minimum absolute atomic E-state index is 0.389. The van der Waals surface area contributed by atoms with Crippen LogP contribution in [0.5, 0.6) is 0 Å². The van der Waals surface area contributed by atoms with Gasteiger partial charge in [0.05, 0.1) is 6.07 Å². The van der Waals surface area contributed by atoms with Crippen LogP contribution in [0.3, 0.4) is 0 Å². The molecule has 0 radical (unpaired) electrons. The standard InChI is InChI=1S/C12H11N.C5H8O2/c1-3-12-10(2)6-4-7-11(12)8-5-9-13;1-3-4(2)5(6)7/h3-8H,1H2,2H3;3H,1-2H3,(H,6,7). The van der Waals surface area contributed by atoms with Crippen LogP contribution in [0.1, 0.15) is 30.5 Å². The molecule has 0 aliphatic carbocycles. The Labute approximate surface area is 120 Å². The topological polar surface area (TPSA) is 61.1 Å². The molecule has 0 heterocycles. The summed E-state index contributed by atoms with van der Waals surface area (Å²) in [5, 5.41) is 16.5. The van der Waals surface area contributed by atoms with Gasteiger partial charge in [-0.3, -0.25) is 0 Å². The van der Waals surface area contributed by atoms with Gasteiger partial charge in [-0.2, -0.15) is 5.26 Å². The molecule has 1 aromatic rings. The molecule has 104 valence electrons. The first-order valence-corrected chi connectivity index (χ1v) is 6.12. The average Bonchev–Trinajstić information content (AvgIpc) is 2.44. The van der Waals surface area contributed by atoms with E-state index in [0.29, 0.717) is 5.57 Å². The number of aliphatic carboxylic acids is 1. The van der Waals surface area contributed by atoms with Crippen molar-refractivity contribution in [3.05, 3.63) is 59.2 Å². The Balaban J connectivity index is 0.000000441. The number of nitrogens with zero attached hydrogens (tertiary/aromatic N) is 1. The number of carboxylic acids is 1. The molecule has 0 aliphatic heterocycles. The van der Waals surface area contributed by atoms with Crippen molar-refractivity contribution in [3.63, 3.8) is 0 Å². The van der Waals surface area contributed by atoms with E-state index in [0.717, 1.165) is 11.1 Å². The molecule has 0 unspecified atom stereocenters. The average molecular weight is 269 g/mol. The lowest BCUT2D eigenvalue weighted by molar-refractivity contribution is -0.132. The maximum absolute atomic E-state index is 9.86. The van der Waals surface area contributed by atoms with Crippen molar-refractivity contribution in [1.29, 1.82) is 5.26 Å². The van der Waals surface area contributed by atoms with E-state index in [2.05, 4.69) is 6.58 Å². The van der Waals surface area contributed by atoms with Crippen LogP contribution in [0.25, 0.3) is 12.2 Å². The van der Waals surface area contributed by atoms with Gasteiger partial charge in [0, 0.05) is 11.6 Å². The molecule has 1 N–H and O–H groups in total. The summed E-state index contributed by atoms with van der Waals surface area (Å²) in [7, 11) is 0. The van der Waals surface area contributed by atoms with Crippen molar-refractivity contribution >= 4 is 18.1 Å². The molecular weight excluding hydrogens is 250 g/mol. The van der Waals surface area contributed by atoms with Gasteiger partial charge in [-0.1, -0.05) is 36.9 Å². The third kappa shape index (κ3) is 5.83. The first-order valence-electron chi connectivity index (χ1n) is 6.12. The second-order valence-electron chi connectivity index (χ2n) is 4.02. The highest BCUT2D eigenvalue weighted by Gasteiger charge is 1.97. The molecule has 0 saturated heterocycles. The highest BCUT2D eigenvalue weighted by Crippen LogP contribution is 2.16. The number of rotatable bonds is 3. The van der Waals surface area contributed by atoms with E-state index in [1.165, 1.54) is 11.6 Å². The molecule has 1 rings (SSSR count). The van der Waals surface area contributed by atoms with Gasteiger partial charge in [0.1, 0.15) is 0 Å². The first-order chi connectivity index (χ1) is 9.47. The Morgan fingerprint density at radius 1 is 1.45 bits per heavy atom. The SMILES string of the molecule is C=Cc1c(C)cccc1C=CC#N.CC=C(C)C(=O)O. The van der Waals surface area contributed by atoms with E-state index < -0.39 is 5.97 Å². The van der Waals surface area contributed by atoms with Crippen molar-refractivity contribution < 1.29 is 9.90 Å². The zero-order valence-electron chi connectivity index (χ0n) is 12.1. The Kier molecular flexibility index (Phi) is 8.13. The number of allylic oxidation sites excluding steroid dienone is 2. The lowest BCUT2D eigenvalue weighted by Gasteiger charge is -2.03. The molecule has 0 fully saturated rings. The number of aryl methyl sites for hydroxylation is 1. The minimum Gasteiger partial charge on any atom is -0.478 e. The monoisotopic (exact) mass is 269 g/mol. The van der Waals surface area contributed by atoms with Crippen molar-refractivity contribution in [2.45, 2.75) is 20.8 Å². The van der Waals surface area contributed by atoms with E-state index in [-0.39, 0.29) is 0 Å². The second kappa shape index (κ2) is 9.35. The maximum atomic E-state index is 9.86. The predicted molar refractivity (Wildman–Crippen MR) is 83.0 cm³/mol. The van der Waals surface area contributed by atoms with E-state index in [9.17, 15) is 4.79 Å². The van der Waals surface area contributed by atoms with Crippen molar-refractivity contribution in [2.24, 2.45) is 0 Å². The summed E-state index contributed by atoms with van der Waals surface area (Å²) >= 11 is 0. The summed E-state index contributed by atoms with van der Waals surface area (Å²) in [5.41, 5.74) is 3.70. The molecule has 0 aromatic heterocycles. The van der Waals surface area contributed by atoms with Crippen LogP contribution in [0.15, 0.2) is 42.5 Å². The van der Waals surface area contributed by atoms with Gasteiger partial charge in [-0.05, 0) is 43.5 Å². The van der Waals surface area contributed by atoms with Gasteiger partial charge in [0.15, 0.2) is 0 Å². The lowest BCUT2D eigenvalue weighted by Crippen LogP contribution is -1.93. The number of carboxylic acid groups (broad SMARTS) is 1. The van der Waals surface area contributed by atoms with E-state index in [1.807, 2.05) is 37.3 Å². The van der Waals surface area contributed by atoms with E-state index in [4.69, 9.17) is 10.4 Å². The summed E-state index contributed by atoms with van der Waals surface area (Å²) in [5.74, 6) is -0.845. The molecule has 0 saturated carbocycles. The second-order valence-corrected chi connectivity index (χ2v) is 4.02. The summed E-state index contributed by atoms with van der Waals surface area (Å²) in [4.78, 5) is 9.86. The molecule has 0 amide bonds. The zero-order valence-corrected chi connectivity index (χ0v) is 12.1. The summed E-state index contributed by atoms with van der Waals surface area (Å²) in [6.45, 7) is 9.03. The number of benzene rings is 1. The predicted octanol–water partition coefficient (Wildman–Crippen LogP) is 4.21. The highest BCUT2D eigenvalue weighted by molar-refractivity contribution is 5.85. The highest BCUT2D eigenvalue weighted by atomic mass is 16.4. The van der Waals surface area contributed by atoms with Crippen LogP contribution in [-0.2, 0) is 4.79 Å². The summed E-state index contributed by atoms with van der Waals surface area (Å²) in [6.07, 6.45) is 6.64. The van der Waals surface area contributed by atoms with Crippen LogP contribution in [0.4, 0.5) is 0 Å². The van der Waals surface area contributed by atoms with Gasteiger partial charge in [0.2, 0.25) is 0 Å². The van der Waals surface area contributed by atoms with Crippen LogP contribution in [-0.4, -0.2) is 11.1 Å². The Hall–Kier alpha value is -2.60. The van der Waals surface area contributed by atoms with E-state index >= 15 is 0 Å². The van der Waals surface area contributed by atoms with Gasteiger partial charge in [0.25, 0.3) is 0 Å². The summed E-state index contributed by atoms with van der Waals surface area (Å²) < 4.78 is 0. The number of carbonyl (C=O) groups is 1. The third-order valence-electron chi connectivity index (χ3n) is 2.67. The first kappa shape index (κ1) is 17.4. The minimum atomic E-state index is -0.845. The molecule has 0 atom stereocenters. The molecule has 0 aliphatic rings. The van der Waals surface area contributed by atoms with Gasteiger partial charge in [-0.25, -0.2) is 4.79 Å². The lowest BCUT2D eigenvalue weighted by atomic mass is 10.0. The molecule has 0 spiro atoms. The Bertz CT molecular complexity index is 575.